The first kappa shape index (κ1) is 22.2. The minimum atomic E-state index is -0.641. The van der Waals surface area contributed by atoms with Gasteiger partial charge in [0, 0.05) is 26.6 Å². The van der Waals surface area contributed by atoms with Crippen LogP contribution in [0, 0.1) is 6.92 Å². The zero-order valence-electron chi connectivity index (χ0n) is 18.1. The van der Waals surface area contributed by atoms with E-state index < -0.39 is 6.04 Å². The van der Waals surface area contributed by atoms with E-state index in [9.17, 15) is 19.2 Å². The Balaban J connectivity index is 1.65. The second kappa shape index (κ2) is 9.55. The van der Waals surface area contributed by atoms with Crippen molar-refractivity contribution in [1.82, 2.24) is 15.1 Å². The summed E-state index contributed by atoms with van der Waals surface area (Å²) in [6, 6.07) is 13.9. The fourth-order valence-corrected chi connectivity index (χ4v) is 3.66. The van der Waals surface area contributed by atoms with E-state index in [-0.39, 0.29) is 36.6 Å². The predicted octanol–water partition coefficient (Wildman–Crippen LogP) is 2.53. The molecule has 0 fully saturated rings. The Morgan fingerprint density at radius 2 is 1.58 bits per heavy atom. The summed E-state index contributed by atoms with van der Waals surface area (Å²) in [5, 5.41) is 2.59. The average Bonchev–Trinajstić information content (AvgIpc) is 3.02. The second-order valence-corrected chi connectivity index (χ2v) is 7.71. The topological polar surface area (TPSA) is 86.8 Å². The summed E-state index contributed by atoms with van der Waals surface area (Å²) >= 11 is 0. The van der Waals surface area contributed by atoms with Gasteiger partial charge in [-0.05, 0) is 38.0 Å². The summed E-state index contributed by atoms with van der Waals surface area (Å²) < 4.78 is 0. The molecule has 1 atom stereocenters. The molecule has 0 bridgehead atoms. The van der Waals surface area contributed by atoms with Crippen molar-refractivity contribution in [1.29, 1.82) is 0 Å². The normalized spacial score (nSPS) is 13.7. The molecule has 7 heteroatoms. The van der Waals surface area contributed by atoms with Crippen LogP contribution in [0.4, 0.5) is 0 Å². The fraction of sp³-hybridized carbons (Fsp3) is 0.333. The number of benzene rings is 2. The summed E-state index contributed by atoms with van der Waals surface area (Å²) in [4.78, 5) is 52.9. The average molecular weight is 421 g/mol. The minimum absolute atomic E-state index is 0.126. The van der Waals surface area contributed by atoms with E-state index >= 15 is 0 Å². The molecule has 0 unspecified atom stereocenters. The third-order valence-electron chi connectivity index (χ3n) is 5.54. The molecular formula is C24H27N3O4. The maximum absolute atomic E-state index is 13.0. The lowest BCUT2D eigenvalue weighted by atomic mass is 10.1. The highest BCUT2D eigenvalue weighted by Crippen LogP contribution is 2.23. The van der Waals surface area contributed by atoms with Gasteiger partial charge in [-0.3, -0.25) is 24.1 Å². The van der Waals surface area contributed by atoms with E-state index in [1.165, 1.54) is 16.8 Å². The van der Waals surface area contributed by atoms with E-state index in [1.54, 1.807) is 31.2 Å². The summed E-state index contributed by atoms with van der Waals surface area (Å²) in [6.07, 6.45) is 0.454. The van der Waals surface area contributed by atoms with Crippen molar-refractivity contribution in [2.75, 3.05) is 13.6 Å². The van der Waals surface area contributed by atoms with Crippen LogP contribution >= 0.6 is 0 Å². The highest BCUT2D eigenvalue weighted by Gasteiger charge is 2.35. The molecule has 1 aliphatic rings. The number of hydrogen-bond donors (Lipinski definition) is 1. The molecule has 4 amide bonds. The Labute approximate surface area is 182 Å². The number of imide groups is 1. The Bertz CT molecular complexity index is 965. The van der Waals surface area contributed by atoms with Crippen LogP contribution in [0.3, 0.4) is 0 Å². The number of hydrogen-bond acceptors (Lipinski definition) is 4. The largest absolute Gasteiger partial charge is 0.357 e. The lowest BCUT2D eigenvalue weighted by Crippen LogP contribution is -2.46. The van der Waals surface area contributed by atoms with Gasteiger partial charge in [-0.1, -0.05) is 42.0 Å². The van der Waals surface area contributed by atoms with Crippen molar-refractivity contribution in [2.24, 2.45) is 0 Å². The number of fused-ring (bicyclic) bond motifs is 1. The zero-order valence-corrected chi connectivity index (χ0v) is 18.1. The van der Waals surface area contributed by atoms with Crippen molar-refractivity contribution in [3.8, 4) is 0 Å². The van der Waals surface area contributed by atoms with Crippen molar-refractivity contribution < 1.29 is 19.2 Å². The number of nitrogens with one attached hydrogen (secondary N) is 1. The third kappa shape index (κ3) is 4.82. The molecule has 0 saturated carbocycles. The number of carbonyl (C=O) groups is 4. The summed E-state index contributed by atoms with van der Waals surface area (Å²) in [5.74, 6) is -1.11. The molecule has 0 spiro atoms. The molecule has 1 aliphatic heterocycles. The molecule has 162 valence electrons. The zero-order chi connectivity index (χ0) is 22.5. The molecule has 0 radical (unpaired) electrons. The lowest BCUT2D eigenvalue weighted by Gasteiger charge is -2.28. The number of nitrogens with zero attached hydrogens (tertiary/aromatic N) is 2. The molecule has 7 nitrogen and oxygen atoms in total. The van der Waals surface area contributed by atoms with Crippen LogP contribution in [0.5, 0.6) is 0 Å². The minimum Gasteiger partial charge on any atom is -0.357 e. The third-order valence-corrected chi connectivity index (χ3v) is 5.54. The molecule has 0 saturated heterocycles. The van der Waals surface area contributed by atoms with Crippen LogP contribution in [0.2, 0.25) is 0 Å². The van der Waals surface area contributed by atoms with Gasteiger partial charge in [0.05, 0.1) is 11.1 Å². The Hall–Kier alpha value is -3.48. The lowest BCUT2D eigenvalue weighted by molar-refractivity contribution is -0.140. The van der Waals surface area contributed by atoms with Crippen LogP contribution in [-0.2, 0) is 16.1 Å². The first-order valence-corrected chi connectivity index (χ1v) is 10.3. The first-order valence-electron chi connectivity index (χ1n) is 10.3. The molecule has 0 aliphatic carbocycles. The van der Waals surface area contributed by atoms with Gasteiger partial charge in [0.1, 0.15) is 6.04 Å². The molecule has 1 heterocycles. The van der Waals surface area contributed by atoms with Crippen molar-refractivity contribution in [3.63, 3.8) is 0 Å². The van der Waals surface area contributed by atoms with E-state index in [1.807, 2.05) is 31.2 Å². The van der Waals surface area contributed by atoms with Crippen molar-refractivity contribution >= 4 is 23.6 Å². The first-order chi connectivity index (χ1) is 14.8. The van der Waals surface area contributed by atoms with E-state index in [0.29, 0.717) is 24.1 Å². The fourth-order valence-electron chi connectivity index (χ4n) is 3.66. The Kier molecular flexibility index (Phi) is 6.84. The maximum Gasteiger partial charge on any atom is 0.261 e. The smallest absolute Gasteiger partial charge is 0.261 e. The molecule has 31 heavy (non-hydrogen) atoms. The summed E-state index contributed by atoms with van der Waals surface area (Å²) in [5.41, 5.74) is 2.83. The van der Waals surface area contributed by atoms with Gasteiger partial charge in [-0.15, -0.1) is 0 Å². The molecule has 0 aromatic heterocycles. The SMILES string of the molecule is CNC(=O)[C@@H](C)N(Cc1ccc(C)cc1)C(=O)CCCN1C(=O)c2ccccc2C1=O. The van der Waals surface area contributed by atoms with Gasteiger partial charge in [0.25, 0.3) is 11.8 Å². The molecular weight excluding hydrogens is 394 g/mol. The van der Waals surface area contributed by atoms with Crippen molar-refractivity contribution in [2.45, 2.75) is 39.3 Å². The number of aryl methyl sites for hydroxylation is 1. The number of likely N-dealkylation sites (N-methyl/N-ethyl adjacent to an activating group) is 1. The van der Waals surface area contributed by atoms with E-state index in [0.717, 1.165) is 11.1 Å². The number of rotatable bonds is 8. The van der Waals surface area contributed by atoms with Gasteiger partial charge < -0.3 is 10.2 Å². The van der Waals surface area contributed by atoms with Crippen molar-refractivity contribution in [3.05, 3.63) is 70.8 Å². The van der Waals surface area contributed by atoms with Gasteiger partial charge >= 0.3 is 0 Å². The van der Waals surface area contributed by atoms with Crippen LogP contribution < -0.4 is 5.32 Å². The highest BCUT2D eigenvalue weighted by molar-refractivity contribution is 6.21. The summed E-state index contributed by atoms with van der Waals surface area (Å²) in [6.45, 7) is 4.14. The van der Waals surface area contributed by atoms with Crippen LogP contribution in [0.25, 0.3) is 0 Å². The summed E-state index contributed by atoms with van der Waals surface area (Å²) in [7, 11) is 1.54. The monoisotopic (exact) mass is 421 g/mol. The van der Waals surface area contributed by atoms with Gasteiger partial charge in [0.2, 0.25) is 11.8 Å². The predicted molar refractivity (Wildman–Crippen MR) is 116 cm³/mol. The van der Waals surface area contributed by atoms with E-state index in [4.69, 9.17) is 0 Å². The standard InChI is InChI=1S/C24H27N3O4/c1-16-10-12-18(13-11-16)15-27(17(2)22(29)25-3)21(28)9-6-14-26-23(30)19-7-4-5-8-20(19)24(26)31/h4-5,7-8,10-13,17H,6,9,14-15H2,1-3H3,(H,25,29)/t17-/m1/s1. The Morgan fingerprint density at radius 3 is 2.13 bits per heavy atom. The van der Waals surface area contributed by atoms with Gasteiger partial charge in [-0.2, -0.15) is 0 Å². The highest BCUT2D eigenvalue weighted by atomic mass is 16.2. The Morgan fingerprint density at radius 1 is 1.00 bits per heavy atom. The molecule has 1 N–H and O–H groups in total. The van der Waals surface area contributed by atoms with Crippen LogP contribution in [0.15, 0.2) is 48.5 Å². The van der Waals surface area contributed by atoms with E-state index in [2.05, 4.69) is 5.32 Å². The quantitative estimate of drug-likeness (QED) is 0.664. The second-order valence-electron chi connectivity index (χ2n) is 7.71. The maximum atomic E-state index is 13.0. The van der Waals surface area contributed by atoms with Crippen LogP contribution in [-0.4, -0.2) is 53.1 Å². The molecule has 3 rings (SSSR count). The van der Waals surface area contributed by atoms with Gasteiger partial charge in [0.15, 0.2) is 0 Å². The molecule has 2 aromatic carbocycles. The number of amides is 4. The van der Waals surface area contributed by atoms with Crippen LogP contribution in [0.1, 0.15) is 51.6 Å². The molecule has 2 aromatic rings. The number of carbonyl (C=O) groups excluding carboxylic acids is 4. The van der Waals surface area contributed by atoms with Gasteiger partial charge in [-0.25, -0.2) is 0 Å².